The number of benzene rings is 1. The molecule has 2 rings (SSSR count). The zero-order chi connectivity index (χ0) is 14.0. The molecule has 1 aliphatic rings. The zero-order valence-corrected chi connectivity index (χ0v) is 11.2. The second-order valence-corrected chi connectivity index (χ2v) is 4.70. The average Bonchev–Trinajstić information content (AvgIpc) is 2.32. The van der Waals surface area contributed by atoms with E-state index in [-0.39, 0.29) is 28.2 Å². The van der Waals surface area contributed by atoms with Crippen molar-refractivity contribution in [1.82, 2.24) is 10.2 Å². The Labute approximate surface area is 115 Å². The molecule has 0 radical (unpaired) electrons. The van der Waals surface area contributed by atoms with Crippen molar-refractivity contribution < 1.29 is 9.72 Å². The summed E-state index contributed by atoms with van der Waals surface area (Å²) in [6.45, 7) is 3.75. The van der Waals surface area contributed by atoms with E-state index in [9.17, 15) is 14.9 Å². The number of likely N-dealkylation sites (N-methyl/N-ethyl adjacent to an activating group) is 1. The third-order valence-corrected chi connectivity index (χ3v) is 3.52. The van der Waals surface area contributed by atoms with Crippen molar-refractivity contribution in [3.8, 4) is 0 Å². The lowest BCUT2D eigenvalue weighted by molar-refractivity contribution is -0.385. The van der Waals surface area contributed by atoms with Gasteiger partial charge in [0.1, 0.15) is 5.56 Å². The van der Waals surface area contributed by atoms with E-state index in [4.69, 9.17) is 11.6 Å². The van der Waals surface area contributed by atoms with E-state index in [1.165, 1.54) is 18.2 Å². The Hall–Kier alpha value is -1.66. The molecule has 0 aliphatic carbocycles. The van der Waals surface area contributed by atoms with E-state index >= 15 is 0 Å². The van der Waals surface area contributed by atoms with E-state index in [1.807, 2.05) is 6.92 Å². The largest absolute Gasteiger partial charge is 0.333 e. The molecule has 0 atom stereocenters. The number of nitrogens with one attached hydrogen (secondary N) is 1. The van der Waals surface area contributed by atoms with E-state index in [2.05, 4.69) is 5.32 Å². The van der Waals surface area contributed by atoms with Gasteiger partial charge < -0.3 is 10.2 Å². The van der Waals surface area contributed by atoms with Crippen LogP contribution in [-0.2, 0) is 0 Å². The smallest absolute Gasteiger partial charge is 0.283 e. The molecule has 1 fully saturated rings. The number of nitrogens with zero attached hydrogens (tertiary/aromatic N) is 2. The van der Waals surface area contributed by atoms with E-state index in [0.29, 0.717) is 19.6 Å². The molecule has 1 aromatic rings. The Morgan fingerprint density at radius 2 is 2.26 bits per heavy atom. The molecule has 1 aliphatic heterocycles. The normalized spacial score (nSPS) is 14.8. The zero-order valence-electron chi connectivity index (χ0n) is 10.4. The molecule has 0 bridgehead atoms. The number of carbonyl (C=O) groups excluding carboxylic acids is 1. The number of nitro benzene ring substituents is 1. The summed E-state index contributed by atoms with van der Waals surface area (Å²) in [5.41, 5.74) is -0.272. The molecule has 0 aromatic heterocycles. The van der Waals surface area contributed by atoms with Crippen molar-refractivity contribution >= 4 is 23.2 Å². The molecule has 1 saturated heterocycles. The number of hydrogen-bond acceptors (Lipinski definition) is 4. The van der Waals surface area contributed by atoms with Gasteiger partial charge in [-0.25, -0.2) is 0 Å². The first-order valence-electron chi connectivity index (χ1n) is 6.00. The van der Waals surface area contributed by atoms with Crippen molar-refractivity contribution in [3.63, 3.8) is 0 Å². The summed E-state index contributed by atoms with van der Waals surface area (Å²) in [6, 6.07) is 4.34. The van der Waals surface area contributed by atoms with Crippen LogP contribution in [0.25, 0.3) is 0 Å². The summed E-state index contributed by atoms with van der Waals surface area (Å²) < 4.78 is 0. The molecule has 6 nitrogen and oxygen atoms in total. The van der Waals surface area contributed by atoms with Gasteiger partial charge in [-0.05, 0) is 13.0 Å². The molecule has 0 spiro atoms. The fourth-order valence-corrected chi connectivity index (χ4v) is 2.33. The third-order valence-electron chi connectivity index (χ3n) is 3.20. The Morgan fingerprint density at radius 3 is 2.74 bits per heavy atom. The number of hydrogen-bond donors (Lipinski definition) is 1. The fourth-order valence-electron chi connectivity index (χ4n) is 2.08. The molecule has 0 unspecified atom stereocenters. The van der Waals surface area contributed by atoms with Gasteiger partial charge in [-0.2, -0.15) is 0 Å². The van der Waals surface area contributed by atoms with Crippen molar-refractivity contribution in [3.05, 3.63) is 38.9 Å². The Bertz CT molecular complexity index is 517. The SMILES string of the molecule is CCN(C(=O)c1c(Cl)cccc1[N+](=O)[O-])C1CNC1. The van der Waals surface area contributed by atoms with Gasteiger partial charge in [-0.3, -0.25) is 14.9 Å². The second-order valence-electron chi connectivity index (χ2n) is 4.29. The van der Waals surface area contributed by atoms with E-state index in [1.54, 1.807) is 4.90 Å². The highest BCUT2D eigenvalue weighted by molar-refractivity contribution is 6.34. The minimum atomic E-state index is -0.577. The first-order valence-corrected chi connectivity index (χ1v) is 6.38. The van der Waals surface area contributed by atoms with Gasteiger partial charge in [0.15, 0.2) is 0 Å². The van der Waals surface area contributed by atoms with Gasteiger partial charge >= 0.3 is 0 Å². The van der Waals surface area contributed by atoms with Crippen molar-refractivity contribution in [2.75, 3.05) is 19.6 Å². The molecule has 7 heteroatoms. The maximum atomic E-state index is 12.5. The fraction of sp³-hybridized carbons (Fsp3) is 0.417. The molecule has 19 heavy (non-hydrogen) atoms. The maximum absolute atomic E-state index is 12.5. The van der Waals surface area contributed by atoms with E-state index < -0.39 is 4.92 Å². The van der Waals surface area contributed by atoms with Gasteiger partial charge in [0.05, 0.1) is 16.0 Å². The molecule has 1 aromatic carbocycles. The predicted molar refractivity (Wildman–Crippen MR) is 71.5 cm³/mol. The van der Waals surface area contributed by atoms with Crippen molar-refractivity contribution in [2.24, 2.45) is 0 Å². The second kappa shape index (κ2) is 5.54. The van der Waals surface area contributed by atoms with Crippen LogP contribution in [0.15, 0.2) is 18.2 Å². The minimum absolute atomic E-state index is 0.0251. The Balaban J connectivity index is 2.39. The standard InChI is InChI=1S/C12H14ClN3O3/c1-2-15(8-6-14-7-8)12(17)11-9(13)4-3-5-10(11)16(18)19/h3-5,8,14H,2,6-7H2,1H3. The van der Waals surface area contributed by atoms with Crippen LogP contribution in [0.3, 0.4) is 0 Å². The van der Waals surface area contributed by atoms with Crippen LogP contribution in [0.1, 0.15) is 17.3 Å². The summed E-state index contributed by atoms with van der Waals surface area (Å²) >= 11 is 5.97. The highest BCUT2D eigenvalue weighted by atomic mass is 35.5. The molecule has 1 heterocycles. The molecule has 1 amide bonds. The van der Waals surface area contributed by atoms with Crippen LogP contribution in [0.5, 0.6) is 0 Å². The van der Waals surface area contributed by atoms with Crippen LogP contribution in [0.2, 0.25) is 5.02 Å². The van der Waals surface area contributed by atoms with Crippen LogP contribution < -0.4 is 5.32 Å². The predicted octanol–water partition coefficient (Wildman–Crippen LogP) is 1.68. The molecule has 0 saturated carbocycles. The number of amides is 1. The van der Waals surface area contributed by atoms with Crippen LogP contribution in [0.4, 0.5) is 5.69 Å². The number of halogens is 1. The van der Waals surface area contributed by atoms with Crippen molar-refractivity contribution in [2.45, 2.75) is 13.0 Å². The molecular formula is C12H14ClN3O3. The van der Waals surface area contributed by atoms with E-state index in [0.717, 1.165) is 0 Å². The highest BCUT2D eigenvalue weighted by Gasteiger charge is 2.32. The van der Waals surface area contributed by atoms with Gasteiger partial charge in [-0.15, -0.1) is 0 Å². The molecule has 1 N–H and O–H groups in total. The van der Waals surface area contributed by atoms with Crippen LogP contribution in [0, 0.1) is 10.1 Å². The Morgan fingerprint density at radius 1 is 1.58 bits per heavy atom. The van der Waals surface area contributed by atoms with Gasteiger partial charge in [0, 0.05) is 25.7 Å². The topological polar surface area (TPSA) is 75.5 Å². The summed E-state index contributed by atoms with van der Waals surface area (Å²) in [7, 11) is 0. The van der Waals surface area contributed by atoms with Crippen LogP contribution in [-0.4, -0.2) is 41.4 Å². The minimum Gasteiger partial charge on any atom is -0.333 e. The number of rotatable bonds is 4. The summed E-state index contributed by atoms with van der Waals surface area (Å²) in [6.07, 6.45) is 0. The lowest BCUT2D eigenvalue weighted by atomic mass is 10.1. The summed E-state index contributed by atoms with van der Waals surface area (Å²) in [4.78, 5) is 24.5. The summed E-state index contributed by atoms with van der Waals surface area (Å²) in [5.74, 6) is -0.383. The lowest BCUT2D eigenvalue weighted by Gasteiger charge is -2.37. The first-order chi connectivity index (χ1) is 9.06. The quantitative estimate of drug-likeness (QED) is 0.674. The average molecular weight is 284 g/mol. The van der Waals surface area contributed by atoms with Gasteiger partial charge in [0.2, 0.25) is 0 Å². The number of carbonyl (C=O) groups is 1. The van der Waals surface area contributed by atoms with Gasteiger partial charge in [0.25, 0.3) is 11.6 Å². The first kappa shape index (κ1) is 13.8. The molecular weight excluding hydrogens is 270 g/mol. The van der Waals surface area contributed by atoms with Gasteiger partial charge in [-0.1, -0.05) is 17.7 Å². The third kappa shape index (κ3) is 2.54. The number of nitro groups is 1. The molecule has 102 valence electrons. The monoisotopic (exact) mass is 283 g/mol. The van der Waals surface area contributed by atoms with Crippen LogP contribution >= 0.6 is 11.6 Å². The maximum Gasteiger partial charge on any atom is 0.283 e. The lowest BCUT2D eigenvalue weighted by Crippen LogP contribution is -2.58. The summed E-state index contributed by atoms with van der Waals surface area (Å²) in [5, 5.41) is 14.2. The Kier molecular flexibility index (Phi) is 4.01. The highest BCUT2D eigenvalue weighted by Crippen LogP contribution is 2.28. The van der Waals surface area contributed by atoms with Crippen molar-refractivity contribution in [1.29, 1.82) is 0 Å².